The zero-order chi connectivity index (χ0) is 26.4. The van der Waals surface area contributed by atoms with E-state index in [0.29, 0.717) is 25.8 Å². The van der Waals surface area contributed by atoms with Crippen molar-refractivity contribution in [3.8, 4) is 0 Å². The Morgan fingerprint density at radius 3 is 1.88 bits per heavy atom. The molecule has 0 saturated heterocycles. The van der Waals surface area contributed by atoms with Crippen LogP contribution in [0.2, 0.25) is 0 Å². The molecule has 34 heavy (non-hydrogen) atoms. The number of hydrogen-bond acceptors (Lipinski definition) is 8. The summed E-state index contributed by atoms with van der Waals surface area (Å²) >= 11 is 0. The van der Waals surface area contributed by atoms with Crippen LogP contribution in [0.4, 0.5) is 0 Å². The molecular formula is C20H36N6O8. The van der Waals surface area contributed by atoms with Crippen molar-refractivity contribution in [2.75, 3.05) is 6.54 Å². The molecule has 194 valence electrons. The van der Waals surface area contributed by atoms with Gasteiger partial charge >= 0.3 is 11.9 Å². The van der Waals surface area contributed by atoms with Crippen LogP contribution in [0.25, 0.3) is 0 Å². The summed E-state index contributed by atoms with van der Waals surface area (Å²) < 4.78 is 0. The molecule has 4 atom stereocenters. The minimum absolute atomic E-state index is 0.356. The molecule has 0 aliphatic heterocycles. The van der Waals surface area contributed by atoms with E-state index < -0.39 is 84.9 Å². The van der Waals surface area contributed by atoms with E-state index in [1.54, 1.807) is 13.8 Å². The van der Waals surface area contributed by atoms with Crippen molar-refractivity contribution in [3.63, 3.8) is 0 Å². The first-order valence-corrected chi connectivity index (χ1v) is 10.9. The lowest BCUT2D eigenvalue weighted by Crippen LogP contribution is -2.59. The number of nitrogens with one attached hydrogen (secondary N) is 3. The van der Waals surface area contributed by atoms with Crippen LogP contribution in [0, 0.1) is 5.92 Å². The average molecular weight is 489 g/mol. The summed E-state index contributed by atoms with van der Waals surface area (Å²) in [6.07, 6.45) is 0.0621. The van der Waals surface area contributed by atoms with E-state index in [1.165, 1.54) is 0 Å². The van der Waals surface area contributed by atoms with Crippen molar-refractivity contribution < 1.29 is 39.0 Å². The maximum absolute atomic E-state index is 12.8. The molecule has 0 aliphatic carbocycles. The lowest BCUT2D eigenvalue weighted by molar-refractivity contribution is -0.143. The third-order valence-corrected chi connectivity index (χ3v) is 4.85. The van der Waals surface area contributed by atoms with Crippen molar-refractivity contribution in [1.82, 2.24) is 16.0 Å². The number of primary amides is 1. The molecular weight excluding hydrogens is 452 g/mol. The van der Waals surface area contributed by atoms with Gasteiger partial charge in [-0.1, -0.05) is 20.3 Å². The second-order valence-electron chi connectivity index (χ2n) is 8.18. The van der Waals surface area contributed by atoms with Gasteiger partial charge in [-0.05, 0) is 31.7 Å². The van der Waals surface area contributed by atoms with E-state index >= 15 is 0 Å². The van der Waals surface area contributed by atoms with Crippen molar-refractivity contribution in [1.29, 1.82) is 0 Å². The van der Waals surface area contributed by atoms with Gasteiger partial charge in [0.05, 0.1) is 12.5 Å². The summed E-state index contributed by atoms with van der Waals surface area (Å²) in [5.74, 6) is -6.58. The van der Waals surface area contributed by atoms with Gasteiger partial charge in [-0.25, -0.2) is 4.79 Å². The number of rotatable bonds is 17. The Labute approximate surface area is 197 Å². The van der Waals surface area contributed by atoms with Crippen molar-refractivity contribution >= 4 is 35.6 Å². The van der Waals surface area contributed by atoms with E-state index in [1.807, 2.05) is 0 Å². The van der Waals surface area contributed by atoms with Gasteiger partial charge in [-0.2, -0.15) is 0 Å². The summed E-state index contributed by atoms with van der Waals surface area (Å²) in [5, 5.41) is 24.9. The van der Waals surface area contributed by atoms with Crippen molar-refractivity contribution in [3.05, 3.63) is 0 Å². The molecule has 4 unspecified atom stereocenters. The topological polar surface area (TPSA) is 257 Å². The predicted octanol–water partition coefficient (Wildman–Crippen LogP) is -2.62. The summed E-state index contributed by atoms with van der Waals surface area (Å²) in [7, 11) is 0. The van der Waals surface area contributed by atoms with Gasteiger partial charge in [0.2, 0.25) is 23.6 Å². The maximum Gasteiger partial charge on any atom is 0.326 e. The third kappa shape index (κ3) is 12.1. The first-order valence-electron chi connectivity index (χ1n) is 10.9. The molecule has 0 spiro atoms. The van der Waals surface area contributed by atoms with Crippen LogP contribution in [-0.4, -0.2) is 76.5 Å². The SMILES string of the molecule is CC(C)C(NC(=O)C(N)CCCCN)C(=O)NC(CC(N)=O)C(=O)NC(CCC(=O)O)C(=O)O. The number of hydrogen-bond donors (Lipinski definition) is 8. The Morgan fingerprint density at radius 2 is 1.41 bits per heavy atom. The summed E-state index contributed by atoms with van der Waals surface area (Å²) in [4.78, 5) is 71.3. The second kappa shape index (κ2) is 15.6. The lowest BCUT2D eigenvalue weighted by Gasteiger charge is -2.26. The highest BCUT2D eigenvalue weighted by Gasteiger charge is 2.32. The van der Waals surface area contributed by atoms with Gasteiger partial charge in [-0.15, -0.1) is 0 Å². The first-order chi connectivity index (χ1) is 15.8. The van der Waals surface area contributed by atoms with E-state index in [-0.39, 0.29) is 0 Å². The third-order valence-electron chi connectivity index (χ3n) is 4.85. The van der Waals surface area contributed by atoms with E-state index in [0.717, 1.165) is 0 Å². The van der Waals surface area contributed by atoms with E-state index in [9.17, 15) is 33.9 Å². The van der Waals surface area contributed by atoms with Gasteiger partial charge in [-0.3, -0.25) is 24.0 Å². The summed E-state index contributed by atoms with van der Waals surface area (Å²) in [5.41, 5.74) is 16.4. The molecule has 0 saturated carbocycles. The van der Waals surface area contributed by atoms with Crippen LogP contribution in [0.15, 0.2) is 0 Å². The fourth-order valence-corrected chi connectivity index (χ4v) is 2.90. The average Bonchev–Trinajstić information content (AvgIpc) is 2.72. The quantitative estimate of drug-likeness (QED) is 0.0988. The molecule has 11 N–H and O–H groups in total. The molecule has 0 aromatic carbocycles. The number of unbranched alkanes of at least 4 members (excludes halogenated alkanes) is 1. The molecule has 0 rings (SSSR count). The Kier molecular flexibility index (Phi) is 14.1. The number of carbonyl (C=O) groups excluding carboxylic acids is 4. The molecule has 0 radical (unpaired) electrons. The van der Waals surface area contributed by atoms with Crippen LogP contribution in [0.5, 0.6) is 0 Å². The van der Waals surface area contributed by atoms with Gasteiger partial charge in [0.25, 0.3) is 0 Å². The van der Waals surface area contributed by atoms with E-state index in [2.05, 4.69) is 16.0 Å². The number of carboxylic acid groups (broad SMARTS) is 2. The Bertz CT molecular complexity index is 745. The highest BCUT2D eigenvalue weighted by Crippen LogP contribution is 2.07. The van der Waals surface area contributed by atoms with Gasteiger partial charge < -0.3 is 43.4 Å². The number of nitrogens with two attached hydrogens (primary N) is 3. The second-order valence-corrected chi connectivity index (χ2v) is 8.18. The van der Waals surface area contributed by atoms with Gasteiger partial charge in [0, 0.05) is 6.42 Å². The van der Waals surface area contributed by atoms with E-state index in [4.69, 9.17) is 22.3 Å². The van der Waals surface area contributed by atoms with Crippen LogP contribution in [0.1, 0.15) is 52.4 Å². The normalized spacial score (nSPS) is 14.4. The van der Waals surface area contributed by atoms with Crippen LogP contribution in [-0.2, 0) is 28.8 Å². The monoisotopic (exact) mass is 488 g/mol. The molecule has 14 nitrogen and oxygen atoms in total. The van der Waals surface area contributed by atoms with Gasteiger partial charge in [0.1, 0.15) is 18.1 Å². The summed E-state index contributed by atoms with van der Waals surface area (Å²) in [6.45, 7) is 3.73. The molecule has 0 aliphatic rings. The molecule has 4 amide bonds. The zero-order valence-corrected chi connectivity index (χ0v) is 19.4. The maximum atomic E-state index is 12.8. The molecule has 0 fully saturated rings. The van der Waals surface area contributed by atoms with Crippen LogP contribution in [0.3, 0.4) is 0 Å². The number of aliphatic carboxylic acids is 2. The first kappa shape index (κ1) is 30.7. The Balaban J connectivity index is 5.37. The molecule has 14 heteroatoms. The van der Waals surface area contributed by atoms with Gasteiger partial charge in [0.15, 0.2) is 0 Å². The largest absolute Gasteiger partial charge is 0.481 e. The minimum Gasteiger partial charge on any atom is -0.481 e. The van der Waals surface area contributed by atoms with Crippen LogP contribution < -0.4 is 33.2 Å². The predicted molar refractivity (Wildman–Crippen MR) is 120 cm³/mol. The molecule has 0 aromatic rings. The number of carboxylic acids is 2. The molecule has 0 bridgehead atoms. The smallest absolute Gasteiger partial charge is 0.326 e. The number of amides is 4. The lowest BCUT2D eigenvalue weighted by atomic mass is 10.0. The minimum atomic E-state index is -1.57. The van der Waals surface area contributed by atoms with Crippen molar-refractivity contribution in [2.24, 2.45) is 23.1 Å². The summed E-state index contributed by atoms with van der Waals surface area (Å²) in [6, 6.07) is -5.11. The Hall–Kier alpha value is -3.26. The highest BCUT2D eigenvalue weighted by atomic mass is 16.4. The van der Waals surface area contributed by atoms with Crippen LogP contribution >= 0.6 is 0 Å². The molecule has 0 heterocycles. The Morgan fingerprint density at radius 1 is 0.824 bits per heavy atom. The highest BCUT2D eigenvalue weighted by molar-refractivity contribution is 5.96. The zero-order valence-electron chi connectivity index (χ0n) is 19.4. The molecule has 0 aromatic heterocycles. The fourth-order valence-electron chi connectivity index (χ4n) is 2.90. The van der Waals surface area contributed by atoms with Crippen molar-refractivity contribution in [2.45, 2.75) is 76.5 Å². The fraction of sp³-hybridized carbons (Fsp3) is 0.700. The number of carbonyl (C=O) groups is 6. The standard InChI is InChI=1S/C20H36N6O8/c1-10(2)16(26-17(30)11(22)5-3-4-8-21)19(32)25-13(9-14(23)27)18(31)24-12(20(33)34)6-7-15(28)29/h10-13,16H,3-9,21-22H2,1-2H3,(H2,23,27)(H,24,31)(H,25,32)(H,26,30)(H,28,29)(H,33,34).